The van der Waals surface area contributed by atoms with E-state index < -0.39 is 0 Å². The van der Waals surface area contributed by atoms with Crippen molar-refractivity contribution in [3.05, 3.63) is 53.8 Å². The third-order valence-electron chi connectivity index (χ3n) is 5.54. The molecule has 6 heteroatoms. The average Bonchev–Trinajstić information content (AvgIpc) is 3.20. The summed E-state index contributed by atoms with van der Waals surface area (Å²) < 4.78 is 20.3. The molecule has 0 spiro atoms. The molecular formula is C23H32FN3O2. The van der Waals surface area contributed by atoms with Gasteiger partial charge >= 0.3 is 0 Å². The maximum absolute atomic E-state index is 14.7. The first kappa shape index (κ1) is 21.1. The summed E-state index contributed by atoms with van der Waals surface area (Å²) in [5.41, 5.74) is 2.31. The summed E-state index contributed by atoms with van der Waals surface area (Å²) in [4.78, 5) is 15.9. The van der Waals surface area contributed by atoms with Crippen LogP contribution in [0.25, 0.3) is 0 Å². The lowest BCUT2D eigenvalue weighted by atomic mass is 10.0. The molecule has 0 saturated carbocycles. The van der Waals surface area contributed by atoms with Gasteiger partial charge in [0.25, 0.3) is 5.91 Å². The third-order valence-corrected chi connectivity index (χ3v) is 5.54. The maximum atomic E-state index is 14.7. The monoisotopic (exact) mass is 401 g/mol. The summed E-state index contributed by atoms with van der Waals surface area (Å²) >= 11 is 0. The van der Waals surface area contributed by atoms with Gasteiger partial charge in [0.15, 0.2) is 6.61 Å². The minimum atomic E-state index is -0.316. The molecule has 0 bridgehead atoms. The quantitative estimate of drug-likeness (QED) is 0.761. The number of carbonyl (C=O) groups is 1. The molecule has 2 aromatic carbocycles. The number of likely N-dealkylation sites (N-methyl/N-ethyl adjacent to an activating group) is 2. The first-order valence-corrected chi connectivity index (χ1v) is 10.1. The van der Waals surface area contributed by atoms with Crippen molar-refractivity contribution in [3.8, 4) is 5.75 Å². The highest BCUT2D eigenvalue weighted by atomic mass is 19.1. The molecule has 0 aromatic heterocycles. The summed E-state index contributed by atoms with van der Waals surface area (Å²) in [7, 11) is 3.56. The van der Waals surface area contributed by atoms with Crippen molar-refractivity contribution in [3.63, 3.8) is 0 Å². The van der Waals surface area contributed by atoms with Crippen molar-refractivity contribution in [2.75, 3.05) is 43.6 Å². The van der Waals surface area contributed by atoms with Gasteiger partial charge in [-0.1, -0.05) is 26.0 Å². The number of carbonyl (C=O) groups excluding carboxylic acids is 1. The number of hydrogen-bond donors (Lipinski definition) is 1. The maximum Gasteiger partial charge on any atom is 0.264 e. The van der Waals surface area contributed by atoms with Crippen molar-refractivity contribution < 1.29 is 15.3 Å². The molecule has 1 heterocycles. The largest absolute Gasteiger partial charge is 0.484 e. The van der Waals surface area contributed by atoms with Crippen LogP contribution in [0.1, 0.15) is 33.2 Å². The summed E-state index contributed by atoms with van der Waals surface area (Å²) in [6, 6.07) is 13.1. The van der Waals surface area contributed by atoms with E-state index >= 15 is 0 Å². The van der Waals surface area contributed by atoms with E-state index in [4.69, 9.17) is 4.74 Å². The Morgan fingerprint density at radius 1 is 1.31 bits per heavy atom. The standard InChI is InChI=1S/C23H30FN3O2.H2/c1-16(2)17-5-8-20(9-6-17)29-15-23(28)26(4)19-7-10-22(21(24)13-19)27-12-11-18(14-27)25-3;/h5-10,13,16,18,25H,11-12,14-15H2,1-4H3;1H. The van der Waals surface area contributed by atoms with Crippen molar-refractivity contribution in [1.82, 2.24) is 5.32 Å². The Morgan fingerprint density at radius 2 is 2.03 bits per heavy atom. The van der Waals surface area contributed by atoms with Crippen LogP contribution in [-0.2, 0) is 4.79 Å². The van der Waals surface area contributed by atoms with Crippen LogP contribution in [0, 0.1) is 5.82 Å². The zero-order valence-corrected chi connectivity index (χ0v) is 17.6. The first-order valence-electron chi connectivity index (χ1n) is 10.1. The van der Waals surface area contributed by atoms with E-state index in [1.807, 2.05) is 36.2 Å². The number of hydrogen-bond acceptors (Lipinski definition) is 4. The number of ether oxygens (including phenoxy) is 1. The molecule has 2 aromatic rings. The number of benzene rings is 2. The minimum Gasteiger partial charge on any atom is -0.484 e. The SMILES string of the molecule is CNC1CCN(c2ccc(N(C)C(=O)COc3ccc(C(C)C)cc3)cc2F)C1.[HH]. The summed E-state index contributed by atoms with van der Waals surface area (Å²) in [6.07, 6.45) is 0.992. The van der Waals surface area contributed by atoms with Crippen LogP contribution in [0.5, 0.6) is 5.75 Å². The van der Waals surface area contributed by atoms with Gasteiger partial charge in [-0.05, 0) is 55.3 Å². The Morgan fingerprint density at radius 3 is 2.62 bits per heavy atom. The number of nitrogens with one attached hydrogen (secondary N) is 1. The van der Waals surface area contributed by atoms with Crippen molar-refractivity contribution in [1.29, 1.82) is 0 Å². The molecule has 3 rings (SSSR count). The Hall–Kier alpha value is -2.60. The third kappa shape index (κ3) is 5.07. The molecule has 158 valence electrons. The molecule has 1 atom stereocenters. The van der Waals surface area contributed by atoms with Crippen LogP contribution in [0.3, 0.4) is 0 Å². The van der Waals surface area contributed by atoms with Gasteiger partial charge in [0, 0.05) is 33.3 Å². The van der Waals surface area contributed by atoms with Crippen molar-refractivity contribution in [2.24, 2.45) is 0 Å². The fourth-order valence-corrected chi connectivity index (χ4v) is 3.51. The topological polar surface area (TPSA) is 44.8 Å². The van der Waals surface area contributed by atoms with Crippen LogP contribution in [-0.4, -0.2) is 45.7 Å². The zero-order valence-electron chi connectivity index (χ0n) is 17.6. The number of halogens is 1. The summed E-state index contributed by atoms with van der Waals surface area (Å²) in [5, 5.41) is 3.23. The van der Waals surface area contributed by atoms with E-state index in [0.29, 0.717) is 29.1 Å². The fraction of sp³-hybridized carbons (Fsp3) is 0.435. The normalized spacial score (nSPS) is 16.3. The van der Waals surface area contributed by atoms with Gasteiger partial charge in [-0.2, -0.15) is 0 Å². The van der Waals surface area contributed by atoms with Crippen LogP contribution >= 0.6 is 0 Å². The average molecular weight is 402 g/mol. The highest BCUT2D eigenvalue weighted by molar-refractivity contribution is 5.94. The molecule has 1 fully saturated rings. The molecule has 0 aliphatic carbocycles. The molecule has 1 amide bonds. The number of amides is 1. The van der Waals surface area contributed by atoms with Gasteiger partial charge in [0.2, 0.25) is 0 Å². The van der Waals surface area contributed by atoms with E-state index in [2.05, 4.69) is 19.2 Å². The summed E-state index contributed by atoms with van der Waals surface area (Å²) in [6.45, 7) is 5.75. The van der Waals surface area contributed by atoms with E-state index in [0.717, 1.165) is 19.5 Å². The Balaban J connectivity index is 0.00000320. The molecule has 1 aliphatic rings. The van der Waals surface area contributed by atoms with Crippen LogP contribution in [0.2, 0.25) is 0 Å². The highest BCUT2D eigenvalue weighted by Crippen LogP contribution is 2.27. The molecule has 5 nitrogen and oxygen atoms in total. The van der Waals surface area contributed by atoms with Gasteiger partial charge in [-0.3, -0.25) is 4.79 Å². The lowest BCUT2D eigenvalue weighted by molar-refractivity contribution is -0.120. The molecular weight excluding hydrogens is 369 g/mol. The summed E-state index contributed by atoms with van der Waals surface area (Å²) in [5.74, 6) is 0.538. The van der Waals surface area contributed by atoms with E-state index in [1.165, 1.54) is 16.5 Å². The molecule has 1 unspecified atom stereocenters. The predicted molar refractivity (Wildman–Crippen MR) is 118 cm³/mol. The van der Waals surface area contributed by atoms with Gasteiger partial charge in [-0.15, -0.1) is 0 Å². The molecule has 1 saturated heterocycles. The van der Waals surface area contributed by atoms with Gasteiger partial charge < -0.3 is 19.9 Å². The molecule has 0 radical (unpaired) electrons. The molecule has 1 aliphatic heterocycles. The van der Waals surface area contributed by atoms with Crippen molar-refractivity contribution in [2.45, 2.75) is 32.2 Å². The van der Waals surface area contributed by atoms with E-state index in [-0.39, 0.29) is 19.8 Å². The van der Waals surface area contributed by atoms with Crippen molar-refractivity contribution >= 4 is 17.3 Å². The molecule has 1 N–H and O–H groups in total. The Labute approximate surface area is 173 Å². The predicted octanol–water partition coefficient (Wildman–Crippen LogP) is 4.04. The lowest BCUT2D eigenvalue weighted by Gasteiger charge is -2.22. The van der Waals surface area contributed by atoms with Gasteiger partial charge in [-0.25, -0.2) is 4.39 Å². The highest BCUT2D eigenvalue weighted by Gasteiger charge is 2.24. The van der Waals surface area contributed by atoms with E-state index in [1.54, 1.807) is 19.2 Å². The number of anilines is 2. The van der Waals surface area contributed by atoms with Gasteiger partial charge in [0.05, 0.1) is 5.69 Å². The number of rotatable bonds is 7. The second-order valence-corrected chi connectivity index (χ2v) is 7.82. The Bertz CT molecular complexity index is 845. The lowest BCUT2D eigenvalue weighted by Crippen LogP contribution is -2.32. The zero-order chi connectivity index (χ0) is 21.0. The fourth-order valence-electron chi connectivity index (χ4n) is 3.51. The number of nitrogens with zero attached hydrogens (tertiary/aromatic N) is 2. The van der Waals surface area contributed by atoms with Crippen LogP contribution in [0.4, 0.5) is 15.8 Å². The minimum absolute atomic E-state index is 0. The van der Waals surface area contributed by atoms with E-state index in [9.17, 15) is 9.18 Å². The van der Waals surface area contributed by atoms with Crippen LogP contribution in [0.15, 0.2) is 42.5 Å². The first-order chi connectivity index (χ1) is 13.9. The van der Waals surface area contributed by atoms with Crippen LogP contribution < -0.4 is 19.9 Å². The Kier molecular flexibility index (Phi) is 6.75. The molecule has 29 heavy (non-hydrogen) atoms. The second kappa shape index (κ2) is 9.27. The second-order valence-electron chi connectivity index (χ2n) is 7.82. The van der Waals surface area contributed by atoms with Gasteiger partial charge in [0.1, 0.15) is 11.6 Å². The smallest absolute Gasteiger partial charge is 0.264 e.